The third-order valence-electron chi connectivity index (χ3n) is 3.81. The molecule has 0 saturated heterocycles. The molecule has 0 amide bonds. The zero-order chi connectivity index (χ0) is 19.1. The maximum atomic E-state index is 12.5. The normalized spacial score (nSPS) is 10.4. The fourth-order valence-corrected chi connectivity index (χ4v) is 2.39. The predicted molar refractivity (Wildman–Crippen MR) is 101 cm³/mol. The first-order valence-electron chi connectivity index (χ1n) is 8.65. The van der Waals surface area contributed by atoms with Gasteiger partial charge in [0, 0.05) is 18.6 Å². The Morgan fingerprint density at radius 1 is 1.30 bits per heavy atom. The Morgan fingerprint density at radius 2 is 2.15 bits per heavy atom. The third kappa shape index (κ3) is 4.41. The number of ether oxygens (including phenoxy) is 2. The molecule has 1 aromatic carbocycles. The largest absolute Gasteiger partial charge is 0.491 e. The summed E-state index contributed by atoms with van der Waals surface area (Å²) in [5, 5.41) is 3.12. The summed E-state index contributed by atoms with van der Waals surface area (Å²) < 4.78 is 12.4. The Morgan fingerprint density at radius 3 is 2.89 bits per heavy atom. The number of anilines is 2. The van der Waals surface area contributed by atoms with Crippen LogP contribution in [0.15, 0.2) is 49.2 Å². The molecule has 0 saturated carbocycles. The maximum absolute atomic E-state index is 12.5. The lowest BCUT2D eigenvalue weighted by molar-refractivity contribution is 0.0955. The van der Waals surface area contributed by atoms with Gasteiger partial charge in [-0.25, -0.2) is 9.97 Å². The van der Waals surface area contributed by atoms with Gasteiger partial charge in [-0.2, -0.15) is 4.98 Å². The number of nitrogens with zero attached hydrogens (tertiary/aromatic N) is 4. The number of carbonyl (C=O) groups is 1. The van der Waals surface area contributed by atoms with Crippen molar-refractivity contribution in [3.8, 4) is 11.6 Å². The van der Waals surface area contributed by atoms with Crippen LogP contribution < -0.4 is 14.8 Å². The van der Waals surface area contributed by atoms with Crippen LogP contribution in [0, 0.1) is 0 Å². The van der Waals surface area contributed by atoms with Gasteiger partial charge in [0.2, 0.25) is 11.8 Å². The predicted octanol–water partition coefficient (Wildman–Crippen LogP) is 3.29. The highest BCUT2D eigenvalue weighted by Crippen LogP contribution is 2.27. The van der Waals surface area contributed by atoms with Gasteiger partial charge < -0.3 is 14.8 Å². The monoisotopic (exact) mass is 367 g/mol. The second-order valence-electron chi connectivity index (χ2n) is 5.71. The van der Waals surface area contributed by atoms with Gasteiger partial charge in [-0.3, -0.25) is 9.36 Å². The number of aromatic nitrogens is 4. The maximum Gasteiger partial charge on any atom is 0.270 e. The van der Waals surface area contributed by atoms with Gasteiger partial charge in [-0.05, 0) is 18.6 Å². The minimum atomic E-state index is -0.320. The molecule has 0 radical (unpaired) electrons. The standard InChI is InChI=1S/C19H21N5O3/c1-3-4-11-27-16-8-6-5-7-15(16)22-19-21-12-14(17(23-19)26-2)18(25)24-10-9-20-13-24/h5-10,12-13H,3-4,11H2,1-2H3,(H,21,22,23). The number of methoxy groups -OCH3 is 1. The zero-order valence-electron chi connectivity index (χ0n) is 15.3. The lowest BCUT2D eigenvalue weighted by Crippen LogP contribution is -2.13. The molecule has 0 bridgehead atoms. The topological polar surface area (TPSA) is 91.2 Å². The molecule has 0 aliphatic heterocycles. The molecule has 140 valence electrons. The molecule has 27 heavy (non-hydrogen) atoms. The van der Waals surface area contributed by atoms with E-state index in [9.17, 15) is 4.79 Å². The Kier molecular flexibility index (Phi) is 5.98. The van der Waals surface area contributed by atoms with Crippen LogP contribution in [0.4, 0.5) is 11.6 Å². The van der Waals surface area contributed by atoms with E-state index in [2.05, 4.69) is 27.2 Å². The van der Waals surface area contributed by atoms with E-state index in [-0.39, 0.29) is 17.4 Å². The zero-order valence-corrected chi connectivity index (χ0v) is 15.3. The van der Waals surface area contributed by atoms with E-state index in [0.29, 0.717) is 18.3 Å². The minimum absolute atomic E-state index is 0.176. The number of carbonyl (C=O) groups excluding carboxylic acids is 1. The first kappa shape index (κ1) is 18.4. The summed E-state index contributed by atoms with van der Waals surface area (Å²) in [5.74, 6) is 0.877. The molecule has 8 nitrogen and oxygen atoms in total. The number of hydrogen-bond donors (Lipinski definition) is 1. The lowest BCUT2D eigenvalue weighted by atomic mass is 10.3. The summed E-state index contributed by atoms with van der Waals surface area (Å²) in [4.78, 5) is 24.9. The number of hydrogen-bond acceptors (Lipinski definition) is 7. The van der Waals surface area contributed by atoms with Gasteiger partial charge in [-0.1, -0.05) is 25.5 Å². The van der Waals surface area contributed by atoms with Crippen LogP contribution in [0.3, 0.4) is 0 Å². The molecule has 3 aromatic rings. The van der Waals surface area contributed by atoms with Gasteiger partial charge in [0.15, 0.2) is 0 Å². The number of para-hydroxylation sites is 2. The van der Waals surface area contributed by atoms with E-state index in [1.807, 2.05) is 24.3 Å². The van der Waals surface area contributed by atoms with Crippen LogP contribution in [-0.2, 0) is 0 Å². The van der Waals surface area contributed by atoms with E-state index in [4.69, 9.17) is 9.47 Å². The van der Waals surface area contributed by atoms with Crippen molar-refractivity contribution in [1.82, 2.24) is 19.5 Å². The van der Waals surface area contributed by atoms with Crippen molar-refractivity contribution in [3.05, 3.63) is 54.7 Å². The van der Waals surface area contributed by atoms with E-state index >= 15 is 0 Å². The number of unbranched alkanes of at least 4 members (excludes halogenated alkanes) is 1. The molecule has 0 atom stereocenters. The highest BCUT2D eigenvalue weighted by atomic mass is 16.5. The van der Waals surface area contributed by atoms with Crippen molar-refractivity contribution in [1.29, 1.82) is 0 Å². The SMILES string of the molecule is CCCCOc1ccccc1Nc1ncc(C(=O)n2ccnc2)c(OC)n1. The van der Waals surface area contributed by atoms with E-state index in [0.717, 1.165) is 18.5 Å². The van der Waals surface area contributed by atoms with Crippen LogP contribution >= 0.6 is 0 Å². The van der Waals surface area contributed by atoms with Crippen molar-refractivity contribution in [2.45, 2.75) is 19.8 Å². The van der Waals surface area contributed by atoms with E-state index in [1.165, 1.54) is 30.4 Å². The van der Waals surface area contributed by atoms with Gasteiger partial charge in [0.05, 0.1) is 19.4 Å². The Balaban J connectivity index is 1.82. The Labute approximate surface area is 157 Å². The summed E-state index contributed by atoms with van der Waals surface area (Å²) in [6.45, 7) is 2.75. The first-order valence-corrected chi connectivity index (χ1v) is 8.65. The molecule has 2 aromatic heterocycles. The fraction of sp³-hybridized carbons (Fsp3) is 0.263. The van der Waals surface area contributed by atoms with E-state index in [1.54, 1.807) is 6.20 Å². The molecule has 1 N–H and O–H groups in total. The van der Waals surface area contributed by atoms with Crippen LogP contribution in [0.5, 0.6) is 11.6 Å². The van der Waals surface area contributed by atoms with Gasteiger partial charge in [0.25, 0.3) is 5.91 Å². The molecular formula is C19H21N5O3. The van der Waals surface area contributed by atoms with Crippen molar-refractivity contribution in [2.75, 3.05) is 19.0 Å². The fourth-order valence-electron chi connectivity index (χ4n) is 2.39. The quantitative estimate of drug-likeness (QED) is 0.611. The second kappa shape index (κ2) is 8.79. The van der Waals surface area contributed by atoms with Crippen molar-refractivity contribution in [2.24, 2.45) is 0 Å². The van der Waals surface area contributed by atoms with Crippen molar-refractivity contribution in [3.63, 3.8) is 0 Å². The average molecular weight is 367 g/mol. The highest BCUT2D eigenvalue weighted by Gasteiger charge is 2.17. The molecular weight excluding hydrogens is 346 g/mol. The number of nitrogens with one attached hydrogen (secondary N) is 1. The summed E-state index contributed by atoms with van der Waals surface area (Å²) in [5.41, 5.74) is 0.984. The molecule has 2 heterocycles. The molecule has 0 unspecified atom stereocenters. The van der Waals surface area contributed by atoms with Crippen LogP contribution in [0.1, 0.15) is 30.1 Å². The van der Waals surface area contributed by atoms with E-state index < -0.39 is 0 Å². The smallest absolute Gasteiger partial charge is 0.270 e. The number of rotatable bonds is 8. The highest BCUT2D eigenvalue weighted by molar-refractivity contribution is 5.97. The van der Waals surface area contributed by atoms with Gasteiger partial charge >= 0.3 is 0 Å². The third-order valence-corrected chi connectivity index (χ3v) is 3.81. The summed E-state index contributed by atoms with van der Waals surface area (Å²) in [6, 6.07) is 7.55. The minimum Gasteiger partial charge on any atom is -0.491 e. The average Bonchev–Trinajstić information content (AvgIpc) is 3.24. The molecule has 0 aliphatic carbocycles. The van der Waals surface area contributed by atoms with Gasteiger partial charge in [-0.15, -0.1) is 0 Å². The second-order valence-corrected chi connectivity index (χ2v) is 5.71. The van der Waals surface area contributed by atoms with Crippen molar-refractivity contribution >= 4 is 17.5 Å². The van der Waals surface area contributed by atoms with Crippen LogP contribution in [0.25, 0.3) is 0 Å². The summed E-state index contributed by atoms with van der Waals surface area (Å²) >= 11 is 0. The summed E-state index contributed by atoms with van der Waals surface area (Å²) in [7, 11) is 1.46. The Bertz CT molecular complexity index is 896. The van der Waals surface area contributed by atoms with Gasteiger partial charge in [0.1, 0.15) is 17.6 Å². The molecule has 0 fully saturated rings. The molecule has 0 spiro atoms. The molecule has 8 heteroatoms. The first-order chi connectivity index (χ1) is 13.2. The van der Waals surface area contributed by atoms with Crippen molar-refractivity contribution < 1.29 is 14.3 Å². The lowest BCUT2D eigenvalue weighted by Gasteiger charge is -2.13. The van der Waals surface area contributed by atoms with Crippen LogP contribution in [-0.4, -0.2) is 39.1 Å². The summed E-state index contributed by atoms with van der Waals surface area (Å²) in [6.07, 6.45) is 7.95. The molecule has 3 rings (SSSR count). The number of imidazole rings is 1. The Hall–Kier alpha value is -3.42. The van der Waals surface area contributed by atoms with Crippen LogP contribution in [0.2, 0.25) is 0 Å². The number of benzene rings is 1. The molecule has 0 aliphatic rings.